The predicted molar refractivity (Wildman–Crippen MR) is 69.4 cm³/mol. The number of allylic oxidation sites excluding steroid dienone is 5. The molecule has 1 rings (SSSR count). The predicted octanol–water partition coefficient (Wildman–Crippen LogP) is 3.97. The highest BCUT2D eigenvalue weighted by atomic mass is 35.5. The van der Waals surface area contributed by atoms with Crippen LogP contribution in [0.2, 0.25) is 5.15 Å². The van der Waals surface area contributed by atoms with Crippen molar-refractivity contribution in [2.75, 3.05) is 0 Å². The highest BCUT2D eigenvalue weighted by Crippen LogP contribution is 2.26. The van der Waals surface area contributed by atoms with Crippen molar-refractivity contribution in [1.82, 2.24) is 9.97 Å². The summed E-state index contributed by atoms with van der Waals surface area (Å²) < 4.78 is 0. The van der Waals surface area contributed by atoms with Crippen LogP contribution in [-0.4, -0.2) is 9.97 Å². The van der Waals surface area contributed by atoms with Crippen molar-refractivity contribution in [2.24, 2.45) is 0 Å². The van der Waals surface area contributed by atoms with Gasteiger partial charge in [-0.3, -0.25) is 0 Å². The molecule has 0 aliphatic heterocycles. The monoisotopic (exact) mass is 234 g/mol. The van der Waals surface area contributed by atoms with E-state index in [2.05, 4.69) is 16.5 Å². The normalized spacial score (nSPS) is 12.8. The Labute approximate surface area is 101 Å². The molecule has 0 radical (unpaired) electrons. The molecule has 0 saturated heterocycles. The number of rotatable bonds is 3. The highest BCUT2D eigenvalue weighted by Gasteiger charge is 2.10. The van der Waals surface area contributed by atoms with E-state index >= 15 is 0 Å². The molecule has 0 aromatic carbocycles. The van der Waals surface area contributed by atoms with Gasteiger partial charge in [0, 0.05) is 11.1 Å². The minimum atomic E-state index is 0.490. The Bertz CT molecular complexity index is 459. The van der Waals surface area contributed by atoms with Gasteiger partial charge in [-0.1, -0.05) is 36.4 Å². The average molecular weight is 235 g/mol. The maximum atomic E-state index is 5.98. The van der Waals surface area contributed by atoms with Crippen LogP contribution >= 0.6 is 11.6 Å². The van der Waals surface area contributed by atoms with Crippen LogP contribution in [0.1, 0.15) is 25.1 Å². The summed E-state index contributed by atoms with van der Waals surface area (Å²) in [6.45, 7) is 9.65. The largest absolute Gasteiger partial charge is 0.236 e. The summed E-state index contributed by atoms with van der Waals surface area (Å²) in [6.07, 6.45) is 7.19. The van der Waals surface area contributed by atoms with Crippen LogP contribution in [0, 0.1) is 6.92 Å². The van der Waals surface area contributed by atoms with Crippen molar-refractivity contribution in [3.63, 3.8) is 0 Å². The molecule has 0 spiro atoms. The quantitative estimate of drug-likeness (QED) is 0.584. The van der Waals surface area contributed by atoms with Crippen molar-refractivity contribution < 1.29 is 0 Å². The molecule has 0 bridgehead atoms. The van der Waals surface area contributed by atoms with Crippen LogP contribution in [-0.2, 0) is 0 Å². The third-order valence-corrected chi connectivity index (χ3v) is 2.80. The summed E-state index contributed by atoms with van der Waals surface area (Å²) >= 11 is 5.98. The van der Waals surface area contributed by atoms with Crippen molar-refractivity contribution >= 4 is 17.2 Å². The number of halogens is 1. The first-order valence-electron chi connectivity index (χ1n) is 5.05. The zero-order valence-corrected chi connectivity index (χ0v) is 10.5. The molecule has 1 aromatic heterocycles. The van der Waals surface area contributed by atoms with E-state index in [9.17, 15) is 0 Å². The molecule has 2 nitrogen and oxygen atoms in total. The lowest BCUT2D eigenvalue weighted by Gasteiger charge is -2.10. The third kappa shape index (κ3) is 2.58. The van der Waals surface area contributed by atoms with Crippen LogP contribution in [0.5, 0.6) is 0 Å². The van der Waals surface area contributed by atoms with Gasteiger partial charge in [-0.05, 0) is 26.3 Å². The number of aromatic nitrogens is 2. The fraction of sp³-hybridized carbons (Fsp3) is 0.231. The first-order valence-corrected chi connectivity index (χ1v) is 5.43. The second kappa shape index (κ2) is 5.61. The Kier molecular flexibility index (Phi) is 4.44. The van der Waals surface area contributed by atoms with E-state index in [-0.39, 0.29) is 0 Å². The molecule has 0 amide bonds. The lowest BCUT2D eigenvalue weighted by molar-refractivity contribution is 1.10. The van der Waals surface area contributed by atoms with E-state index in [1.165, 1.54) is 6.33 Å². The molecule has 1 heterocycles. The summed E-state index contributed by atoms with van der Waals surface area (Å²) in [5.74, 6) is 0. The second-order valence-corrected chi connectivity index (χ2v) is 3.78. The molecule has 0 N–H and O–H groups in total. The zero-order valence-electron chi connectivity index (χ0n) is 9.79. The highest BCUT2D eigenvalue weighted by molar-refractivity contribution is 6.30. The van der Waals surface area contributed by atoms with Gasteiger partial charge in [-0.25, -0.2) is 9.97 Å². The first kappa shape index (κ1) is 12.7. The molecular formula is C13H15ClN2. The van der Waals surface area contributed by atoms with Gasteiger partial charge >= 0.3 is 0 Å². The molecule has 16 heavy (non-hydrogen) atoms. The second-order valence-electron chi connectivity index (χ2n) is 3.43. The van der Waals surface area contributed by atoms with E-state index in [1.54, 1.807) is 6.08 Å². The van der Waals surface area contributed by atoms with E-state index in [4.69, 9.17) is 11.6 Å². The third-order valence-electron chi connectivity index (χ3n) is 2.42. The van der Waals surface area contributed by atoms with Gasteiger partial charge in [-0.15, -0.1) is 0 Å². The standard InChI is InChI=1S/C13H15ClN2/c1-5-7-11(9(3)6-2)12-10(4)13(14)16-8-15-12/h5-8H,1H2,2-4H3/b9-6-,11-7+. The van der Waals surface area contributed by atoms with E-state index in [0.29, 0.717) is 5.15 Å². The SMILES string of the molecule is C=C/C=C(\C(C)=C/C)c1ncnc(Cl)c1C. The maximum Gasteiger partial charge on any atom is 0.135 e. The lowest BCUT2D eigenvalue weighted by Crippen LogP contribution is -1.97. The van der Waals surface area contributed by atoms with Crippen LogP contribution in [0.4, 0.5) is 0 Å². The minimum absolute atomic E-state index is 0.490. The number of hydrogen-bond donors (Lipinski definition) is 0. The molecule has 0 saturated carbocycles. The van der Waals surface area contributed by atoms with E-state index in [0.717, 1.165) is 22.4 Å². The Morgan fingerprint density at radius 2 is 2.12 bits per heavy atom. The fourth-order valence-electron chi connectivity index (χ4n) is 1.37. The topological polar surface area (TPSA) is 25.8 Å². The smallest absolute Gasteiger partial charge is 0.135 e. The summed E-state index contributed by atoms with van der Waals surface area (Å²) in [4.78, 5) is 8.22. The number of hydrogen-bond acceptors (Lipinski definition) is 2. The van der Waals surface area contributed by atoms with Crippen LogP contribution in [0.25, 0.3) is 5.57 Å². The minimum Gasteiger partial charge on any atom is -0.236 e. The first-order chi connectivity index (χ1) is 7.61. The molecule has 84 valence electrons. The van der Waals surface area contributed by atoms with Gasteiger partial charge in [-0.2, -0.15) is 0 Å². The Morgan fingerprint density at radius 1 is 1.44 bits per heavy atom. The molecule has 0 unspecified atom stereocenters. The van der Waals surface area contributed by atoms with Crippen LogP contribution in [0.3, 0.4) is 0 Å². The molecule has 1 aromatic rings. The van der Waals surface area contributed by atoms with Crippen molar-refractivity contribution in [1.29, 1.82) is 0 Å². The summed E-state index contributed by atoms with van der Waals surface area (Å²) in [7, 11) is 0. The van der Waals surface area contributed by atoms with E-state index in [1.807, 2.05) is 32.9 Å². The summed E-state index contributed by atoms with van der Waals surface area (Å²) in [5, 5.41) is 0.490. The molecule has 3 heteroatoms. The Morgan fingerprint density at radius 3 is 2.69 bits per heavy atom. The van der Waals surface area contributed by atoms with E-state index < -0.39 is 0 Å². The Hall–Kier alpha value is -1.41. The Balaban J connectivity index is 3.39. The van der Waals surface area contributed by atoms with Gasteiger partial charge in [0.15, 0.2) is 0 Å². The molecule has 0 aliphatic carbocycles. The van der Waals surface area contributed by atoms with Gasteiger partial charge in [0.25, 0.3) is 0 Å². The van der Waals surface area contributed by atoms with Crippen LogP contribution in [0.15, 0.2) is 36.7 Å². The maximum absolute atomic E-state index is 5.98. The number of nitrogens with zero attached hydrogens (tertiary/aromatic N) is 2. The summed E-state index contributed by atoms with van der Waals surface area (Å²) in [5.41, 5.74) is 3.91. The molecule has 0 fully saturated rings. The molecular weight excluding hydrogens is 220 g/mol. The van der Waals surface area contributed by atoms with Gasteiger partial charge in [0.05, 0.1) is 5.69 Å². The average Bonchev–Trinajstić information content (AvgIpc) is 2.29. The zero-order chi connectivity index (χ0) is 12.1. The van der Waals surface area contributed by atoms with Crippen molar-refractivity contribution in [3.8, 4) is 0 Å². The van der Waals surface area contributed by atoms with Gasteiger partial charge in [0.1, 0.15) is 11.5 Å². The lowest BCUT2D eigenvalue weighted by atomic mass is 10.0. The van der Waals surface area contributed by atoms with Gasteiger partial charge < -0.3 is 0 Å². The molecule has 0 aliphatic rings. The van der Waals surface area contributed by atoms with Crippen molar-refractivity contribution in [3.05, 3.63) is 53.1 Å². The fourth-order valence-corrected chi connectivity index (χ4v) is 1.50. The van der Waals surface area contributed by atoms with Crippen molar-refractivity contribution in [2.45, 2.75) is 20.8 Å². The van der Waals surface area contributed by atoms with Crippen LogP contribution < -0.4 is 0 Å². The summed E-state index contributed by atoms with van der Waals surface area (Å²) in [6, 6.07) is 0. The molecule has 0 atom stereocenters. The van der Waals surface area contributed by atoms with Gasteiger partial charge in [0.2, 0.25) is 0 Å².